The Morgan fingerprint density at radius 1 is 1.22 bits per heavy atom. The second-order valence-corrected chi connectivity index (χ2v) is 7.30. The number of hydrogen-bond acceptors (Lipinski definition) is 4. The number of carbonyl (C=O) groups excluding carboxylic acids is 1. The minimum Gasteiger partial charge on any atom is -0.324 e. The van der Waals surface area contributed by atoms with Crippen LogP contribution in [0.1, 0.15) is 0 Å². The number of halogens is 2. The zero-order chi connectivity index (χ0) is 19.2. The molecule has 0 unspecified atom stereocenters. The maximum absolute atomic E-state index is 14.1. The molecule has 1 amide bonds. The molecule has 1 heterocycles. The summed E-state index contributed by atoms with van der Waals surface area (Å²) in [6, 6.07) is 13.8. The van der Waals surface area contributed by atoms with Gasteiger partial charge in [-0.1, -0.05) is 42.1 Å². The van der Waals surface area contributed by atoms with Crippen molar-refractivity contribution in [1.82, 2.24) is 14.8 Å². The number of anilines is 1. The lowest BCUT2D eigenvalue weighted by atomic mass is 10.2. The molecule has 1 aromatic heterocycles. The van der Waals surface area contributed by atoms with Crippen molar-refractivity contribution in [3.05, 3.63) is 71.5 Å². The Bertz CT molecular complexity index is 976. The number of amides is 1. The Morgan fingerprint density at radius 3 is 2.70 bits per heavy atom. The second-order valence-electron chi connectivity index (χ2n) is 5.50. The largest absolute Gasteiger partial charge is 0.324 e. The fourth-order valence-corrected chi connectivity index (χ4v) is 3.54. The number of aromatic nitrogens is 3. The maximum atomic E-state index is 14.1. The highest BCUT2D eigenvalue weighted by molar-refractivity contribution is 9.10. The van der Waals surface area contributed by atoms with Crippen molar-refractivity contribution in [2.45, 2.75) is 11.7 Å². The zero-order valence-corrected chi connectivity index (χ0v) is 16.6. The number of para-hydroxylation sites is 1. The van der Waals surface area contributed by atoms with Gasteiger partial charge in [-0.3, -0.25) is 9.36 Å². The smallest absolute Gasteiger partial charge is 0.234 e. The molecular formula is C19H16BrFN4OS. The summed E-state index contributed by atoms with van der Waals surface area (Å²) in [5.74, 6) is 0.00100. The molecule has 0 aliphatic rings. The Labute approximate surface area is 168 Å². The molecule has 0 bridgehead atoms. The van der Waals surface area contributed by atoms with E-state index in [4.69, 9.17) is 0 Å². The van der Waals surface area contributed by atoms with Crippen LogP contribution in [0.4, 0.5) is 10.1 Å². The molecule has 8 heteroatoms. The van der Waals surface area contributed by atoms with Gasteiger partial charge in [0.2, 0.25) is 5.91 Å². The van der Waals surface area contributed by atoms with Crippen LogP contribution in [-0.2, 0) is 11.3 Å². The number of rotatable bonds is 7. The monoisotopic (exact) mass is 446 g/mol. The van der Waals surface area contributed by atoms with Crippen LogP contribution in [0.3, 0.4) is 0 Å². The van der Waals surface area contributed by atoms with E-state index in [9.17, 15) is 9.18 Å². The van der Waals surface area contributed by atoms with Crippen LogP contribution in [0, 0.1) is 5.82 Å². The normalized spacial score (nSPS) is 10.6. The average Bonchev–Trinajstić information content (AvgIpc) is 3.05. The van der Waals surface area contributed by atoms with Crippen molar-refractivity contribution < 1.29 is 9.18 Å². The molecule has 1 N–H and O–H groups in total. The van der Waals surface area contributed by atoms with Gasteiger partial charge in [0.1, 0.15) is 5.82 Å². The number of carbonyl (C=O) groups is 1. The SMILES string of the molecule is C=CCn1c(SCC(=O)Nc2ccccc2Br)nnc1-c1ccccc1F. The number of benzene rings is 2. The molecule has 0 aliphatic heterocycles. The van der Waals surface area contributed by atoms with Gasteiger partial charge in [-0.2, -0.15) is 0 Å². The third-order valence-corrected chi connectivity index (χ3v) is 5.28. The van der Waals surface area contributed by atoms with Gasteiger partial charge in [-0.15, -0.1) is 16.8 Å². The van der Waals surface area contributed by atoms with E-state index in [-0.39, 0.29) is 17.5 Å². The first-order valence-corrected chi connectivity index (χ1v) is 9.84. The summed E-state index contributed by atoms with van der Waals surface area (Å²) in [6.45, 7) is 4.14. The van der Waals surface area contributed by atoms with Crippen molar-refractivity contribution in [3.63, 3.8) is 0 Å². The van der Waals surface area contributed by atoms with Crippen molar-refractivity contribution >= 4 is 39.3 Å². The fourth-order valence-electron chi connectivity index (χ4n) is 2.41. The Balaban J connectivity index is 1.75. The lowest BCUT2D eigenvalue weighted by Crippen LogP contribution is -2.15. The van der Waals surface area contributed by atoms with Gasteiger partial charge < -0.3 is 5.32 Å². The summed E-state index contributed by atoms with van der Waals surface area (Å²) in [6.07, 6.45) is 1.68. The first kappa shape index (κ1) is 19.3. The lowest BCUT2D eigenvalue weighted by molar-refractivity contribution is -0.113. The predicted octanol–water partition coefficient (Wildman–Crippen LogP) is 4.76. The minimum atomic E-state index is -0.376. The van der Waals surface area contributed by atoms with Crippen LogP contribution in [-0.4, -0.2) is 26.4 Å². The van der Waals surface area contributed by atoms with Gasteiger partial charge in [0.15, 0.2) is 11.0 Å². The molecule has 5 nitrogen and oxygen atoms in total. The molecule has 0 radical (unpaired) electrons. The first-order chi connectivity index (χ1) is 13.1. The fraction of sp³-hybridized carbons (Fsp3) is 0.105. The third-order valence-electron chi connectivity index (χ3n) is 3.62. The van der Waals surface area contributed by atoms with Gasteiger partial charge in [0.05, 0.1) is 17.0 Å². The van der Waals surface area contributed by atoms with Crippen LogP contribution in [0.5, 0.6) is 0 Å². The second kappa shape index (κ2) is 8.96. The highest BCUT2D eigenvalue weighted by Gasteiger charge is 2.17. The molecule has 0 atom stereocenters. The van der Waals surface area contributed by atoms with Crippen molar-refractivity contribution in [3.8, 4) is 11.4 Å². The van der Waals surface area contributed by atoms with E-state index in [1.165, 1.54) is 17.8 Å². The Kier molecular flexibility index (Phi) is 6.41. The molecule has 0 saturated heterocycles. The summed E-state index contributed by atoms with van der Waals surface area (Å²) in [5.41, 5.74) is 1.05. The van der Waals surface area contributed by atoms with Crippen molar-refractivity contribution in [2.24, 2.45) is 0 Å². The van der Waals surface area contributed by atoms with Crippen molar-refractivity contribution in [2.75, 3.05) is 11.1 Å². The van der Waals surface area contributed by atoms with E-state index >= 15 is 0 Å². The van der Waals surface area contributed by atoms with Crippen LogP contribution in [0.15, 0.2) is 70.8 Å². The van der Waals surface area contributed by atoms with Gasteiger partial charge in [0.25, 0.3) is 0 Å². The van der Waals surface area contributed by atoms with E-state index in [0.29, 0.717) is 28.8 Å². The standard InChI is InChI=1S/C19H16BrFN4OS/c1-2-11-25-18(13-7-3-5-9-15(13)21)23-24-19(25)27-12-17(26)22-16-10-6-4-8-14(16)20/h2-10H,1,11-12H2,(H,22,26). The van der Waals surface area contributed by atoms with Gasteiger partial charge in [-0.25, -0.2) is 4.39 Å². The average molecular weight is 447 g/mol. The highest BCUT2D eigenvalue weighted by atomic mass is 79.9. The molecule has 0 saturated carbocycles. The molecule has 0 fully saturated rings. The first-order valence-electron chi connectivity index (χ1n) is 8.06. The van der Waals surface area contributed by atoms with E-state index < -0.39 is 0 Å². The molecule has 2 aromatic carbocycles. The molecule has 3 aromatic rings. The zero-order valence-electron chi connectivity index (χ0n) is 14.2. The summed E-state index contributed by atoms with van der Waals surface area (Å²) in [4.78, 5) is 12.2. The van der Waals surface area contributed by atoms with Crippen LogP contribution in [0.2, 0.25) is 0 Å². The summed E-state index contributed by atoms with van der Waals surface area (Å²) in [7, 11) is 0. The molecule has 3 rings (SSSR count). The number of allylic oxidation sites excluding steroid dienone is 1. The van der Waals surface area contributed by atoms with Crippen molar-refractivity contribution in [1.29, 1.82) is 0 Å². The number of hydrogen-bond donors (Lipinski definition) is 1. The predicted molar refractivity (Wildman–Crippen MR) is 109 cm³/mol. The summed E-state index contributed by atoms with van der Waals surface area (Å²) < 4.78 is 16.7. The van der Waals surface area contributed by atoms with E-state index in [1.807, 2.05) is 24.3 Å². The van der Waals surface area contributed by atoms with Crippen LogP contribution >= 0.6 is 27.7 Å². The lowest BCUT2D eigenvalue weighted by Gasteiger charge is -2.09. The third kappa shape index (κ3) is 4.64. The molecule has 0 spiro atoms. The summed E-state index contributed by atoms with van der Waals surface area (Å²) in [5, 5.41) is 11.6. The summed E-state index contributed by atoms with van der Waals surface area (Å²) >= 11 is 4.63. The molecule has 0 aliphatic carbocycles. The van der Waals surface area contributed by atoms with Gasteiger partial charge in [-0.05, 0) is 40.2 Å². The Morgan fingerprint density at radius 2 is 1.96 bits per heavy atom. The molecule has 27 heavy (non-hydrogen) atoms. The minimum absolute atomic E-state index is 0.147. The maximum Gasteiger partial charge on any atom is 0.234 e. The van der Waals surface area contributed by atoms with Gasteiger partial charge in [0, 0.05) is 11.0 Å². The topological polar surface area (TPSA) is 59.8 Å². The van der Waals surface area contributed by atoms with E-state index in [0.717, 1.165) is 4.47 Å². The van der Waals surface area contributed by atoms with Crippen LogP contribution in [0.25, 0.3) is 11.4 Å². The van der Waals surface area contributed by atoms with Crippen LogP contribution < -0.4 is 5.32 Å². The quantitative estimate of drug-likeness (QED) is 0.419. The highest BCUT2D eigenvalue weighted by Crippen LogP contribution is 2.26. The Hall–Kier alpha value is -2.45. The molecular weight excluding hydrogens is 431 g/mol. The number of nitrogens with zero attached hydrogens (tertiary/aromatic N) is 3. The number of thioether (sulfide) groups is 1. The van der Waals surface area contributed by atoms with Gasteiger partial charge >= 0.3 is 0 Å². The van der Waals surface area contributed by atoms with E-state index in [2.05, 4.69) is 38.0 Å². The number of nitrogens with one attached hydrogen (secondary N) is 1. The van der Waals surface area contributed by atoms with E-state index in [1.54, 1.807) is 28.8 Å². The molecule has 138 valence electrons.